The second-order valence-corrected chi connectivity index (χ2v) is 7.82. The van der Waals surface area contributed by atoms with Gasteiger partial charge in [0.05, 0.1) is 6.61 Å². The van der Waals surface area contributed by atoms with Crippen molar-refractivity contribution in [3.05, 3.63) is 63.6 Å². The monoisotopic (exact) mass is 463 g/mol. The SMILES string of the molecule is Cc1ccc(C(=O)NNC(=S)NC(=O)c2cccc(OCC(C)C)c2)cc1Br. The fourth-order valence-electron chi connectivity index (χ4n) is 2.12. The fourth-order valence-corrected chi connectivity index (χ4v) is 2.64. The van der Waals surface area contributed by atoms with E-state index < -0.39 is 5.91 Å². The van der Waals surface area contributed by atoms with E-state index in [4.69, 9.17) is 17.0 Å². The van der Waals surface area contributed by atoms with Crippen LogP contribution < -0.4 is 20.9 Å². The molecule has 0 heterocycles. The quantitative estimate of drug-likeness (QED) is 0.464. The van der Waals surface area contributed by atoms with Gasteiger partial charge in [0.15, 0.2) is 5.11 Å². The zero-order valence-corrected chi connectivity index (χ0v) is 18.2. The van der Waals surface area contributed by atoms with Crippen molar-refractivity contribution in [3.8, 4) is 5.75 Å². The topological polar surface area (TPSA) is 79.5 Å². The van der Waals surface area contributed by atoms with Crippen molar-refractivity contribution in [2.24, 2.45) is 5.92 Å². The van der Waals surface area contributed by atoms with Gasteiger partial charge in [-0.05, 0) is 61.0 Å². The van der Waals surface area contributed by atoms with E-state index in [0.29, 0.717) is 29.4 Å². The number of hydrogen-bond acceptors (Lipinski definition) is 4. The molecule has 3 N–H and O–H groups in total. The first-order chi connectivity index (χ1) is 13.3. The van der Waals surface area contributed by atoms with Gasteiger partial charge in [0, 0.05) is 15.6 Å². The number of halogens is 1. The molecule has 8 heteroatoms. The highest BCUT2D eigenvalue weighted by molar-refractivity contribution is 9.10. The van der Waals surface area contributed by atoms with Crippen molar-refractivity contribution in [1.82, 2.24) is 16.2 Å². The number of hydrazine groups is 1. The number of hydrogen-bond donors (Lipinski definition) is 3. The summed E-state index contributed by atoms with van der Waals surface area (Å²) in [6, 6.07) is 12.0. The Hall–Kier alpha value is -2.45. The molecule has 0 bridgehead atoms. The normalized spacial score (nSPS) is 10.3. The van der Waals surface area contributed by atoms with E-state index in [-0.39, 0.29) is 11.0 Å². The summed E-state index contributed by atoms with van der Waals surface area (Å²) in [5.74, 6) is 0.215. The van der Waals surface area contributed by atoms with Crippen LogP contribution in [0.4, 0.5) is 0 Å². The van der Waals surface area contributed by atoms with Gasteiger partial charge < -0.3 is 4.74 Å². The van der Waals surface area contributed by atoms with Gasteiger partial charge in [0.1, 0.15) is 5.75 Å². The lowest BCUT2D eigenvalue weighted by molar-refractivity contribution is 0.0934. The smallest absolute Gasteiger partial charge is 0.269 e. The van der Waals surface area contributed by atoms with Crippen LogP contribution in [0.3, 0.4) is 0 Å². The Morgan fingerprint density at radius 1 is 1.07 bits per heavy atom. The summed E-state index contributed by atoms with van der Waals surface area (Å²) in [7, 11) is 0. The third kappa shape index (κ3) is 6.61. The summed E-state index contributed by atoms with van der Waals surface area (Å²) in [5, 5.41) is 2.50. The molecule has 0 aromatic heterocycles. The molecular formula is C20H22BrN3O3S. The van der Waals surface area contributed by atoms with Crippen LogP contribution in [-0.2, 0) is 0 Å². The predicted molar refractivity (Wildman–Crippen MR) is 116 cm³/mol. The Morgan fingerprint density at radius 3 is 2.46 bits per heavy atom. The van der Waals surface area contributed by atoms with Gasteiger partial charge in [-0.25, -0.2) is 0 Å². The summed E-state index contributed by atoms with van der Waals surface area (Å²) in [6.45, 7) is 6.58. The molecular weight excluding hydrogens is 442 g/mol. The second kappa shape index (κ2) is 10.2. The van der Waals surface area contributed by atoms with Gasteiger partial charge in [-0.1, -0.05) is 41.9 Å². The second-order valence-electron chi connectivity index (χ2n) is 6.56. The van der Waals surface area contributed by atoms with Gasteiger partial charge >= 0.3 is 0 Å². The number of ether oxygens (including phenoxy) is 1. The zero-order valence-electron chi connectivity index (χ0n) is 15.8. The standard InChI is InChI=1S/C20H22BrN3O3S/c1-12(2)11-27-16-6-4-5-14(9-16)18(25)22-20(28)24-23-19(26)15-8-7-13(3)17(21)10-15/h4-10,12H,11H2,1-3H3,(H,23,26)(H2,22,24,25,28). The Labute approximate surface area is 178 Å². The number of carbonyl (C=O) groups excluding carboxylic acids is 2. The summed E-state index contributed by atoms with van der Waals surface area (Å²) >= 11 is 8.45. The molecule has 0 unspecified atom stereocenters. The van der Waals surface area contributed by atoms with Gasteiger partial charge in [-0.15, -0.1) is 0 Å². The number of carbonyl (C=O) groups is 2. The first-order valence-corrected chi connectivity index (χ1v) is 9.87. The van der Waals surface area contributed by atoms with Crippen LogP contribution in [0, 0.1) is 12.8 Å². The molecule has 0 atom stereocenters. The van der Waals surface area contributed by atoms with Crippen LogP contribution in [0.1, 0.15) is 40.1 Å². The van der Waals surface area contributed by atoms with E-state index in [0.717, 1.165) is 10.0 Å². The number of nitrogens with one attached hydrogen (secondary N) is 3. The van der Waals surface area contributed by atoms with Crippen LogP contribution in [0.15, 0.2) is 46.9 Å². The molecule has 0 aliphatic rings. The molecule has 148 valence electrons. The molecule has 2 amide bonds. The molecule has 0 saturated carbocycles. The fraction of sp³-hybridized carbons (Fsp3) is 0.250. The lowest BCUT2D eigenvalue weighted by Gasteiger charge is -2.12. The molecule has 28 heavy (non-hydrogen) atoms. The summed E-state index contributed by atoms with van der Waals surface area (Å²) in [4.78, 5) is 24.5. The van der Waals surface area contributed by atoms with E-state index >= 15 is 0 Å². The lowest BCUT2D eigenvalue weighted by atomic mass is 10.1. The first kappa shape index (κ1) is 21.8. The van der Waals surface area contributed by atoms with Crippen molar-refractivity contribution in [3.63, 3.8) is 0 Å². The summed E-state index contributed by atoms with van der Waals surface area (Å²) < 4.78 is 6.45. The lowest BCUT2D eigenvalue weighted by Crippen LogP contribution is -2.48. The van der Waals surface area contributed by atoms with Crippen molar-refractivity contribution < 1.29 is 14.3 Å². The number of rotatable bonds is 5. The van der Waals surface area contributed by atoms with Crippen LogP contribution >= 0.6 is 28.1 Å². The highest BCUT2D eigenvalue weighted by Gasteiger charge is 2.11. The van der Waals surface area contributed by atoms with E-state index in [1.54, 1.807) is 36.4 Å². The Morgan fingerprint density at radius 2 is 1.79 bits per heavy atom. The van der Waals surface area contributed by atoms with Gasteiger partial charge in [-0.3, -0.25) is 25.8 Å². The van der Waals surface area contributed by atoms with Crippen molar-refractivity contribution in [2.75, 3.05) is 6.61 Å². The summed E-state index contributed by atoms with van der Waals surface area (Å²) in [5.41, 5.74) is 6.85. The Kier molecular flexibility index (Phi) is 7.95. The maximum absolute atomic E-state index is 12.3. The molecule has 2 rings (SSSR count). The number of thiocarbonyl (C=S) groups is 1. The molecule has 0 radical (unpaired) electrons. The molecule has 0 aliphatic carbocycles. The third-order valence-corrected chi connectivity index (χ3v) is 4.69. The largest absolute Gasteiger partial charge is 0.493 e. The predicted octanol–water partition coefficient (Wildman–Crippen LogP) is 3.74. The van der Waals surface area contributed by atoms with Gasteiger partial charge in [0.25, 0.3) is 11.8 Å². The number of benzene rings is 2. The molecule has 6 nitrogen and oxygen atoms in total. The molecule has 0 spiro atoms. The van der Waals surface area contributed by atoms with Crippen molar-refractivity contribution in [2.45, 2.75) is 20.8 Å². The first-order valence-electron chi connectivity index (χ1n) is 8.67. The minimum Gasteiger partial charge on any atom is -0.493 e. The van der Waals surface area contributed by atoms with Crippen LogP contribution in [0.2, 0.25) is 0 Å². The van der Waals surface area contributed by atoms with Crippen molar-refractivity contribution in [1.29, 1.82) is 0 Å². The highest BCUT2D eigenvalue weighted by atomic mass is 79.9. The van der Waals surface area contributed by atoms with Crippen molar-refractivity contribution >= 4 is 45.1 Å². The zero-order chi connectivity index (χ0) is 20.7. The molecule has 0 aliphatic heterocycles. The van der Waals surface area contributed by atoms with Crippen LogP contribution in [0.5, 0.6) is 5.75 Å². The molecule has 2 aromatic carbocycles. The minimum absolute atomic E-state index is 0.0157. The van der Waals surface area contributed by atoms with Gasteiger partial charge in [-0.2, -0.15) is 0 Å². The van der Waals surface area contributed by atoms with E-state index in [2.05, 4.69) is 32.1 Å². The van der Waals surface area contributed by atoms with Crippen LogP contribution in [-0.4, -0.2) is 23.5 Å². The maximum Gasteiger partial charge on any atom is 0.269 e. The number of aryl methyl sites for hydroxylation is 1. The molecule has 0 fully saturated rings. The third-order valence-electron chi connectivity index (χ3n) is 3.63. The number of amides is 2. The van der Waals surface area contributed by atoms with Crippen LogP contribution in [0.25, 0.3) is 0 Å². The minimum atomic E-state index is -0.403. The van der Waals surface area contributed by atoms with E-state index in [1.165, 1.54) is 0 Å². The summed E-state index contributed by atoms with van der Waals surface area (Å²) in [6.07, 6.45) is 0. The van der Waals surface area contributed by atoms with Gasteiger partial charge in [0.2, 0.25) is 0 Å². The molecule has 0 saturated heterocycles. The highest BCUT2D eigenvalue weighted by Crippen LogP contribution is 2.17. The Bertz CT molecular complexity index is 887. The Balaban J connectivity index is 1.88. The average Bonchev–Trinajstić information content (AvgIpc) is 2.66. The van der Waals surface area contributed by atoms with E-state index in [1.807, 2.05) is 26.8 Å². The average molecular weight is 464 g/mol. The maximum atomic E-state index is 12.3. The van der Waals surface area contributed by atoms with E-state index in [9.17, 15) is 9.59 Å². The molecule has 2 aromatic rings.